The predicted octanol–water partition coefficient (Wildman–Crippen LogP) is 11.7. The van der Waals surface area contributed by atoms with E-state index in [1.807, 2.05) is 13.8 Å². The summed E-state index contributed by atoms with van der Waals surface area (Å²) in [4.78, 5) is 0. The molecule has 3 rings (SSSR count). The molecular weight excluding hydrogens is 599 g/mol. The fraction of sp³-hybridized carbons (Fsp3) is 0.825. The third kappa shape index (κ3) is 9.38. The second-order valence-corrected chi connectivity index (χ2v) is 28.8. The van der Waals surface area contributed by atoms with Crippen LogP contribution in [0.5, 0.6) is 0 Å². The molecule has 4 nitrogen and oxygen atoms in total. The molecule has 0 heterocycles. The number of hydrogen-bond donors (Lipinski definition) is 1. The van der Waals surface area contributed by atoms with E-state index >= 15 is 0 Å². The lowest BCUT2D eigenvalue weighted by atomic mass is 9.60. The van der Waals surface area contributed by atoms with Gasteiger partial charge in [0.15, 0.2) is 16.6 Å². The summed E-state index contributed by atoms with van der Waals surface area (Å²) >= 11 is 0. The lowest BCUT2D eigenvalue weighted by Crippen LogP contribution is -2.50. The third-order valence-corrected chi connectivity index (χ3v) is 22.0. The number of aliphatic hydroxyl groups is 1. The van der Waals surface area contributed by atoms with Crippen LogP contribution in [0.2, 0.25) is 36.3 Å². The van der Waals surface area contributed by atoms with E-state index in [0.29, 0.717) is 17.3 Å². The molecule has 0 aliphatic heterocycles. The second-order valence-electron chi connectivity index (χ2n) is 19.3. The van der Waals surface area contributed by atoms with Crippen molar-refractivity contribution in [3.05, 3.63) is 34.9 Å². The summed E-state index contributed by atoms with van der Waals surface area (Å²) in [6.07, 6.45) is 17.8. The molecule has 0 radical (unpaired) electrons. The van der Waals surface area contributed by atoms with E-state index in [4.69, 9.17) is 8.85 Å². The van der Waals surface area contributed by atoms with Gasteiger partial charge in [0.05, 0.1) is 23.9 Å². The second kappa shape index (κ2) is 14.5. The number of allylic oxidation sites excluding steroid dienone is 4. The van der Waals surface area contributed by atoms with Gasteiger partial charge < -0.3 is 14.0 Å². The van der Waals surface area contributed by atoms with Gasteiger partial charge in [0.25, 0.3) is 0 Å². The van der Waals surface area contributed by atoms with Crippen LogP contribution >= 0.6 is 0 Å². The molecule has 0 aromatic heterocycles. The highest BCUT2D eigenvalue weighted by atomic mass is 28.4. The van der Waals surface area contributed by atoms with Gasteiger partial charge in [-0.05, 0) is 130 Å². The Hall–Kier alpha value is -0.976. The average Bonchev–Trinajstić information content (AvgIpc) is 3.24. The van der Waals surface area contributed by atoms with Gasteiger partial charge in [-0.2, -0.15) is 5.26 Å². The minimum atomic E-state index is -2.09. The SMILES string of the molecule is C[C@@H](CCCC(C)(C)O)C1CCC2/C(=C/C=C3C[C@H](O[Si](C)(C)C(C)(C)C)C(=CC#N)[C@H](O[Si](C)(C)C(C)(C)C)C3)CCCC21C. The van der Waals surface area contributed by atoms with Gasteiger partial charge in [0, 0.05) is 6.08 Å². The Morgan fingerprint density at radius 1 is 0.935 bits per heavy atom. The summed E-state index contributed by atoms with van der Waals surface area (Å²) in [5.74, 6) is 2.12. The molecule has 3 saturated carbocycles. The molecular formula is C40H71NO3Si2. The zero-order valence-electron chi connectivity index (χ0n) is 32.4. The van der Waals surface area contributed by atoms with E-state index in [-0.39, 0.29) is 22.3 Å². The Kier molecular flexibility index (Phi) is 12.4. The molecule has 6 heteroatoms. The minimum absolute atomic E-state index is 0.0842. The molecule has 1 N–H and O–H groups in total. The van der Waals surface area contributed by atoms with Crippen LogP contribution < -0.4 is 0 Å². The van der Waals surface area contributed by atoms with Crippen LogP contribution in [0.3, 0.4) is 0 Å². The molecule has 0 amide bonds. The lowest BCUT2D eigenvalue weighted by molar-refractivity contribution is 0.0596. The minimum Gasteiger partial charge on any atom is -0.410 e. The number of hydrogen-bond acceptors (Lipinski definition) is 4. The Balaban J connectivity index is 1.92. The van der Waals surface area contributed by atoms with Crippen LogP contribution in [0.25, 0.3) is 0 Å². The van der Waals surface area contributed by atoms with Crippen LogP contribution in [0.4, 0.5) is 0 Å². The fourth-order valence-corrected chi connectivity index (χ4v) is 10.7. The van der Waals surface area contributed by atoms with Crippen molar-refractivity contribution < 1.29 is 14.0 Å². The van der Waals surface area contributed by atoms with Gasteiger partial charge in [0.1, 0.15) is 0 Å². The van der Waals surface area contributed by atoms with Gasteiger partial charge in [-0.15, -0.1) is 0 Å². The molecule has 46 heavy (non-hydrogen) atoms. The summed E-state index contributed by atoms with van der Waals surface area (Å²) in [7, 11) is -4.18. The standard InChI is InChI=1S/C40H71NO3Si2/c1-29(17-15-24-39(8,9)42)33-21-22-34-31(18-16-25-40(33,34)10)20-19-30-27-35(43-45(11,12)37(2,3)4)32(23-26-41)36(28-30)44-46(13,14)38(5,6)7/h19-20,23,29,33-36,42H,15-18,21-22,24-25,27-28H2,1-14H3/b30-19?,31-20+,32-23?/t29-,33?,34?,35-,36+,40?/m0/s1. The Morgan fingerprint density at radius 3 is 1.96 bits per heavy atom. The number of rotatable bonds is 10. The van der Waals surface area contributed by atoms with Crippen molar-refractivity contribution in [1.82, 2.24) is 0 Å². The van der Waals surface area contributed by atoms with Gasteiger partial charge >= 0.3 is 0 Å². The molecule has 3 unspecified atom stereocenters. The monoisotopic (exact) mass is 669 g/mol. The van der Waals surface area contributed by atoms with Crippen molar-refractivity contribution in [2.45, 2.75) is 188 Å². The number of fused-ring (bicyclic) bond motifs is 1. The van der Waals surface area contributed by atoms with E-state index in [2.05, 4.69) is 99.8 Å². The molecule has 6 atom stereocenters. The van der Waals surface area contributed by atoms with Crippen molar-refractivity contribution in [3.8, 4) is 6.07 Å². The molecule has 3 fully saturated rings. The first-order valence-electron chi connectivity index (χ1n) is 18.5. The highest BCUT2D eigenvalue weighted by Crippen LogP contribution is 2.60. The Bertz CT molecular complexity index is 1140. The summed E-state index contributed by atoms with van der Waals surface area (Å²) < 4.78 is 14.2. The predicted molar refractivity (Wildman–Crippen MR) is 201 cm³/mol. The smallest absolute Gasteiger partial charge is 0.192 e. The van der Waals surface area contributed by atoms with Gasteiger partial charge in [0.2, 0.25) is 0 Å². The van der Waals surface area contributed by atoms with E-state index < -0.39 is 22.2 Å². The van der Waals surface area contributed by atoms with Crippen molar-refractivity contribution in [2.24, 2.45) is 23.2 Å². The Labute approximate surface area is 286 Å². The average molecular weight is 670 g/mol. The van der Waals surface area contributed by atoms with Crippen molar-refractivity contribution in [2.75, 3.05) is 0 Å². The van der Waals surface area contributed by atoms with Crippen molar-refractivity contribution in [3.63, 3.8) is 0 Å². The van der Waals surface area contributed by atoms with Gasteiger partial charge in [-0.3, -0.25) is 0 Å². The van der Waals surface area contributed by atoms with Crippen LogP contribution in [-0.4, -0.2) is 39.6 Å². The third-order valence-electron chi connectivity index (χ3n) is 13.1. The fourth-order valence-electron chi connectivity index (χ4n) is 8.18. The maximum Gasteiger partial charge on any atom is 0.192 e. The van der Waals surface area contributed by atoms with E-state index in [1.54, 1.807) is 11.6 Å². The van der Waals surface area contributed by atoms with E-state index in [9.17, 15) is 10.4 Å². The maximum absolute atomic E-state index is 10.2. The quantitative estimate of drug-likeness (QED) is 0.186. The lowest BCUT2D eigenvalue weighted by Gasteiger charge is -2.46. The van der Waals surface area contributed by atoms with E-state index in [1.165, 1.54) is 44.1 Å². The molecule has 0 aromatic rings. The maximum atomic E-state index is 10.2. The summed E-state index contributed by atoms with van der Waals surface area (Å²) in [5.41, 5.74) is 3.90. The normalized spacial score (nSPS) is 31.7. The first-order valence-corrected chi connectivity index (χ1v) is 24.3. The van der Waals surface area contributed by atoms with Crippen molar-refractivity contribution >= 4 is 16.6 Å². The molecule has 3 aliphatic rings. The highest BCUT2D eigenvalue weighted by Gasteiger charge is 2.51. The molecule has 0 bridgehead atoms. The first-order chi connectivity index (χ1) is 20.9. The zero-order valence-corrected chi connectivity index (χ0v) is 34.4. The molecule has 0 spiro atoms. The van der Waals surface area contributed by atoms with Crippen LogP contribution in [0.1, 0.15) is 133 Å². The summed E-state index contributed by atoms with van der Waals surface area (Å²) in [6.45, 7) is 32.0. The van der Waals surface area contributed by atoms with Gasteiger partial charge in [-0.1, -0.05) is 91.5 Å². The first kappa shape index (κ1) is 39.5. The topological polar surface area (TPSA) is 62.5 Å². The largest absolute Gasteiger partial charge is 0.410 e. The number of nitriles is 1. The summed E-state index contributed by atoms with van der Waals surface area (Å²) in [6, 6.07) is 2.37. The van der Waals surface area contributed by atoms with Crippen LogP contribution in [-0.2, 0) is 8.85 Å². The van der Waals surface area contributed by atoms with Crippen LogP contribution in [0, 0.1) is 34.5 Å². The van der Waals surface area contributed by atoms with E-state index in [0.717, 1.165) is 37.2 Å². The van der Waals surface area contributed by atoms with Crippen molar-refractivity contribution in [1.29, 1.82) is 5.26 Å². The number of nitrogens with zero attached hydrogens (tertiary/aromatic N) is 1. The highest BCUT2D eigenvalue weighted by molar-refractivity contribution is 6.74. The molecule has 262 valence electrons. The molecule has 0 aromatic carbocycles. The van der Waals surface area contributed by atoms with Crippen LogP contribution in [0.15, 0.2) is 34.9 Å². The summed E-state index contributed by atoms with van der Waals surface area (Å²) in [5, 5.41) is 20.3. The van der Waals surface area contributed by atoms with Gasteiger partial charge in [-0.25, -0.2) is 0 Å². The molecule has 3 aliphatic carbocycles. The molecule has 0 saturated heterocycles. The zero-order chi connectivity index (χ0) is 34.9. The Morgan fingerprint density at radius 2 is 1.48 bits per heavy atom.